The van der Waals surface area contributed by atoms with Gasteiger partial charge in [0.15, 0.2) is 0 Å². The first kappa shape index (κ1) is 8.17. The first-order valence-corrected chi connectivity index (χ1v) is 4.78. The number of nitrogens with one attached hydrogen (secondary N) is 1. The summed E-state index contributed by atoms with van der Waals surface area (Å²) >= 11 is 0. The first-order chi connectivity index (χ1) is 7.43. The van der Waals surface area contributed by atoms with Crippen molar-refractivity contribution >= 4 is 11.0 Å². The number of fused-ring (bicyclic) bond motifs is 1. The lowest BCUT2D eigenvalue weighted by atomic mass is 10.2. The molecule has 0 aromatic carbocycles. The minimum Gasteiger partial charge on any atom is -0.338 e. The summed E-state index contributed by atoms with van der Waals surface area (Å²) in [6.45, 7) is 0. The highest BCUT2D eigenvalue weighted by molar-refractivity contribution is 5.81. The smallest absolute Gasteiger partial charge is 0.137 e. The highest BCUT2D eigenvalue weighted by Crippen LogP contribution is 2.20. The molecule has 0 atom stereocenters. The molecular formula is C12H9N3. The number of aromatic amines is 1. The predicted octanol–water partition coefficient (Wildman–Crippen LogP) is 2.62. The fourth-order valence-corrected chi connectivity index (χ4v) is 1.62. The molecule has 0 saturated carbocycles. The fourth-order valence-electron chi connectivity index (χ4n) is 1.62. The third-order valence-electron chi connectivity index (χ3n) is 2.33. The van der Waals surface area contributed by atoms with Crippen LogP contribution in [-0.2, 0) is 0 Å². The molecule has 3 nitrogen and oxygen atoms in total. The molecule has 3 aromatic rings. The topological polar surface area (TPSA) is 41.6 Å². The molecule has 15 heavy (non-hydrogen) atoms. The maximum atomic E-state index is 4.29. The average Bonchev–Trinajstić information content (AvgIpc) is 2.74. The average molecular weight is 195 g/mol. The number of hydrogen-bond acceptors (Lipinski definition) is 2. The lowest BCUT2D eigenvalue weighted by molar-refractivity contribution is 1.27. The molecule has 3 aromatic heterocycles. The fraction of sp³-hybridized carbons (Fsp3) is 0. The number of nitrogens with zero attached hydrogens (tertiary/aromatic N) is 2. The van der Waals surface area contributed by atoms with Crippen LogP contribution in [0.4, 0.5) is 0 Å². The van der Waals surface area contributed by atoms with Gasteiger partial charge >= 0.3 is 0 Å². The third kappa shape index (κ3) is 1.38. The van der Waals surface area contributed by atoms with Gasteiger partial charge in [-0.2, -0.15) is 0 Å². The van der Waals surface area contributed by atoms with Gasteiger partial charge in [-0.05, 0) is 30.3 Å². The van der Waals surface area contributed by atoms with Crippen LogP contribution in [0, 0.1) is 0 Å². The van der Waals surface area contributed by atoms with Gasteiger partial charge in [0.1, 0.15) is 5.65 Å². The van der Waals surface area contributed by atoms with Crippen molar-refractivity contribution in [3.05, 3.63) is 48.8 Å². The van der Waals surface area contributed by atoms with Gasteiger partial charge in [0.2, 0.25) is 0 Å². The second-order valence-corrected chi connectivity index (χ2v) is 3.34. The molecule has 0 amide bonds. The zero-order chi connectivity index (χ0) is 10.1. The number of aromatic nitrogens is 3. The van der Waals surface area contributed by atoms with Crippen molar-refractivity contribution in [1.29, 1.82) is 0 Å². The normalized spacial score (nSPS) is 10.7. The molecule has 0 bridgehead atoms. The van der Waals surface area contributed by atoms with Gasteiger partial charge in [0.25, 0.3) is 0 Å². The van der Waals surface area contributed by atoms with Crippen LogP contribution >= 0.6 is 0 Å². The number of H-pyrrole nitrogens is 1. The van der Waals surface area contributed by atoms with Crippen molar-refractivity contribution in [1.82, 2.24) is 15.0 Å². The second kappa shape index (κ2) is 3.20. The Morgan fingerprint density at radius 2 is 1.87 bits per heavy atom. The van der Waals surface area contributed by atoms with Gasteiger partial charge in [0.05, 0.1) is 11.4 Å². The van der Waals surface area contributed by atoms with Crippen LogP contribution < -0.4 is 0 Å². The van der Waals surface area contributed by atoms with E-state index >= 15 is 0 Å². The van der Waals surface area contributed by atoms with Crippen LogP contribution in [0.5, 0.6) is 0 Å². The molecule has 0 aliphatic heterocycles. The van der Waals surface area contributed by atoms with Gasteiger partial charge < -0.3 is 4.98 Å². The third-order valence-corrected chi connectivity index (χ3v) is 2.33. The molecule has 3 heteroatoms. The Labute approximate surface area is 86.8 Å². The molecule has 1 N–H and O–H groups in total. The van der Waals surface area contributed by atoms with E-state index in [1.54, 1.807) is 12.4 Å². The molecule has 0 aliphatic rings. The summed E-state index contributed by atoms with van der Waals surface area (Å²) in [7, 11) is 0. The van der Waals surface area contributed by atoms with Gasteiger partial charge in [-0.25, -0.2) is 4.98 Å². The number of rotatable bonds is 1. The van der Waals surface area contributed by atoms with Gasteiger partial charge in [-0.1, -0.05) is 6.07 Å². The summed E-state index contributed by atoms with van der Waals surface area (Å²) in [5.74, 6) is 0. The van der Waals surface area contributed by atoms with Crippen LogP contribution in [-0.4, -0.2) is 15.0 Å². The summed E-state index contributed by atoms with van der Waals surface area (Å²) in [5, 5.41) is 1.11. The Morgan fingerprint density at radius 1 is 0.933 bits per heavy atom. The molecule has 0 spiro atoms. The highest BCUT2D eigenvalue weighted by atomic mass is 14.9. The Balaban J connectivity index is 2.21. The molecule has 0 fully saturated rings. The number of pyridine rings is 2. The predicted molar refractivity (Wildman–Crippen MR) is 59.3 cm³/mol. The minimum absolute atomic E-state index is 0.901. The minimum atomic E-state index is 0.901. The SMILES string of the molecule is c1ccc(-c2cc3cccnc3[nH]2)nc1. The van der Waals surface area contributed by atoms with E-state index < -0.39 is 0 Å². The number of hydrogen-bond donors (Lipinski definition) is 1. The largest absolute Gasteiger partial charge is 0.338 e. The van der Waals surface area contributed by atoms with Crippen molar-refractivity contribution in [3.63, 3.8) is 0 Å². The maximum Gasteiger partial charge on any atom is 0.137 e. The van der Waals surface area contributed by atoms with Crippen molar-refractivity contribution < 1.29 is 0 Å². The van der Waals surface area contributed by atoms with Crippen molar-refractivity contribution in [3.8, 4) is 11.4 Å². The molecule has 0 radical (unpaired) electrons. The zero-order valence-electron chi connectivity index (χ0n) is 8.01. The van der Waals surface area contributed by atoms with Crippen LogP contribution in [0.15, 0.2) is 48.8 Å². The quantitative estimate of drug-likeness (QED) is 0.648. The molecule has 3 heterocycles. The Bertz CT molecular complexity index is 551. The lowest BCUT2D eigenvalue weighted by Gasteiger charge is -1.93. The van der Waals surface area contributed by atoms with Gasteiger partial charge in [-0.3, -0.25) is 4.98 Å². The van der Waals surface area contributed by atoms with E-state index in [2.05, 4.69) is 21.0 Å². The van der Waals surface area contributed by atoms with E-state index in [9.17, 15) is 0 Å². The van der Waals surface area contributed by atoms with Gasteiger partial charge in [-0.15, -0.1) is 0 Å². The van der Waals surface area contributed by atoms with E-state index in [4.69, 9.17) is 0 Å². The van der Waals surface area contributed by atoms with E-state index in [1.165, 1.54) is 0 Å². The standard InChI is InChI=1S/C12H9N3/c1-2-6-13-10(5-1)11-8-9-4-3-7-14-12(9)15-11/h1-8H,(H,14,15). The van der Waals surface area contributed by atoms with Crippen LogP contribution in [0.3, 0.4) is 0 Å². The summed E-state index contributed by atoms with van der Waals surface area (Å²) in [6.07, 6.45) is 3.56. The molecular weight excluding hydrogens is 186 g/mol. The maximum absolute atomic E-state index is 4.29. The van der Waals surface area contributed by atoms with Crippen LogP contribution in [0.2, 0.25) is 0 Å². The van der Waals surface area contributed by atoms with E-state index in [0.717, 1.165) is 22.4 Å². The Morgan fingerprint density at radius 3 is 2.67 bits per heavy atom. The Hall–Kier alpha value is -2.16. The molecule has 0 unspecified atom stereocenters. The molecule has 72 valence electrons. The Kier molecular flexibility index (Phi) is 1.75. The van der Waals surface area contributed by atoms with E-state index in [-0.39, 0.29) is 0 Å². The summed E-state index contributed by atoms with van der Waals surface area (Å²) in [4.78, 5) is 11.8. The summed E-state index contributed by atoms with van der Waals surface area (Å²) in [5.41, 5.74) is 2.85. The lowest BCUT2D eigenvalue weighted by Crippen LogP contribution is -1.80. The van der Waals surface area contributed by atoms with Crippen LogP contribution in [0.1, 0.15) is 0 Å². The molecule has 3 rings (SSSR count). The monoisotopic (exact) mass is 195 g/mol. The zero-order valence-corrected chi connectivity index (χ0v) is 8.01. The van der Waals surface area contributed by atoms with E-state index in [0.29, 0.717) is 0 Å². The summed E-state index contributed by atoms with van der Waals surface area (Å²) in [6, 6.07) is 11.9. The van der Waals surface area contributed by atoms with Gasteiger partial charge in [0, 0.05) is 17.8 Å². The second-order valence-electron chi connectivity index (χ2n) is 3.34. The summed E-state index contributed by atoms with van der Waals surface area (Å²) < 4.78 is 0. The van der Waals surface area contributed by atoms with Crippen LogP contribution in [0.25, 0.3) is 22.4 Å². The van der Waals surface area contributed by atoms with Crippen molar-refractivity contribution in [2.75, 3.05) is 0 Å². The van der Waals surface area contributed by atoms with Crippen molar-refractivity contribution in [2.24, 2.45) is 0 Å². The van der Waals surface area contributed by atoms with Crippen molar-refractivity contribution in [2.45, 2.75) is 0 Å². The molecule has 0 aliphatic carbocycles. The highest BCUT2D eigenvalue weighted by Gasteiger charge is 2.03. The van der Waals surface area contributed by atoms with E-state index in [1.807, 2.05) is 30.3 Å². The molecule has 0 saturated heterocycles. The first-order valence-electron chi connectivity index (χ1n) is 4.78.